The van der Waals surface area contributed by atoms with E-state index in [-0.39, 0.29) is 5.91 Å². The molecular formula is C17H20N2O2. The summed E-state index contributed by atoms with van der Waals surface area (Å²) in [6.07, 6.45) is 0. The Morgan fingerprint density at radius 2 is 1.76 bits per heavy atom. The average molecular weight is 284 g/mol. The average Bonchev–Trinajstić information content (AvgIpc) is 2.49. The fourth-order valence-corrected chi connectivity index (χ4v) is 2.01. The van der Waals surface area contributed by atoms with E-state index in [2.05, 4.69) is 5.32 Å². The molecule has 0 saturated carbocycles. The first-order chi connectivity index (χ1) is 10.0. The topological polar surface area (TPSA) is 41.6 Å². The minimum atomic E-state index is -0.133. The van der Waals surface area contributed by atoms with E-state index < -0.39 is 0 Å². The molecule has 2 aromatic carbocycles. The molecule has 4 nitrogen and oxygen atoms in total. The number of ether oxygens (including phenoxy) is 1. The molecule has 4 heteroatoms. The van der Waals surface area contributed by atoms with Gasteiger partial charge < -0.3 is 15.0 Å². The molecule has 0 heterocycles. The van der Waals surface area contributed by atoms with Gasteiger partial charge in [0.05, 0.1) is 7.11 Å². The molecule has 0 radical (unpaired) electrons. The third-order valence-electron chi connectivity index (χ3n) is 3.31. The lowest BCUT2D eigenvalue weighted by atomic mass is 10.1. The molecule has 0 aliphatic carbocycles. The highest BCUT2D eigenvalue weighted by Crippen LogP contribution is 2.22. The number of nitrogens with zero attached hydrogens (tertiary/aromatic N) is 1. The van der Waals surface area contributed by atoms with Crippen LogP contribution in [0.15, 0.2) is 42.5 Å². The predicted molar refractivity (Wildman–Crippen MR) is 86.5 cm³/mol. The molecule has 2 aromatic rings. The Labute approximate surface area is 125 Å². The van der Waals surface area contributed by atoms with Crippen LogP contribution in [0.2, 0.25) is 0 Å². The number of hydrogen-bond donors (Lipinski definition) is 1. The first kappa shape index (κ1) is 14.9. The fraction of sp³-hybridized carbons (Fsp3) is 0.235. The number of carbonyl (C=O) groups excluding carboxylic acids is 1. The molecule has 21 heavy (non-hydrogen) atoms. The molecule has 2 rings (SSSR count). The zero-order valence-corrected chi connectivity index (χ0v) is 12.8. The SMILES string of the molecule is COc1cc(NC(=O)c2ccc(N(C)C)cc2)ccc1C. The normalized spacial score (nSPS) is 10.1. The molecule has 0 aliphatic rings. The standard InChI is InChI=1S/C17H20N2O2/c1-12-5-8-14(11-16(12)21-4)18-17(20)13-6-9-15(10-7-13)19(2)3/h5-11H,1-4H3,(H,18,20). The molecule has 0 aromatic heterocycles. The summed E-state index contributed by atoms with van der Waals surface area (Å²) in [6, 6.07) is 13.1. The van der Waals surface area contributed by atoms with Gasteiger partial charge in [-0.2, -0.15) is 0 Å². The second-order valence-electron chi connectivity index (χ2n) is 5.08. The summed E-state index contributed by atoms with van der Waals surface area (Å²) in [7, 11) is 5.55. The van der Waals surface area contributed by atoms with Gasteiger partial charge in [0.1, 0.15) is 5.75 Å². The van der Waals surface area contributed by atoms with Crippen LogP contribution in [0.25, 0.3) is 0 Å². The monoisotopic (exact) mass is 284 g/mol. The molecule has 1 amide bonds. The van der Waals surface area contributed by atoms with Crippen molar-refractivity contribution in [1.29, 1.82) is 0 Å². The van der Waals surface area contributed by atoms with Crippen molar-refractivity contribution < 1.29 is 9.53 Å². The first-order valence-corrected chi connectivity index (χ1v) is 6.74. The molecule has 0 spiro atoms. The Balaban J connectivity index is 2.14. The minimum Gasteiger partial charge on any atom is -0.496 e. The third kappa shape index (κ3) is 3.54. The molecule has 110 valence electrons. The second kappa shape index (κ2) is 6.31. The van der Waals surface area contributed by atoms with Crippen molar-refractivity contribution in [2.75, 3.05) is 31.4 Å². The van der Waals surface area contributed by atoms with Gasteiger partial charge in [0.2, 0.25) is 0 Å². The van der Waals surface area contributed by atoms with Crippen LogP contribution < -0.4 is 15.0 Å². The van der Waals surface area contributed by atoms with Crippen LogP contribution in [-0.2, 0) is 0 Å². The Hall–Kier alpha value is -2.49. The van der Waals surface area contributed by atoms with Gasteiger partial charge in [-0.3, -0.25) is 4.79 Å². The van der Waals surface area contributed by atoms with Gasteiger partial charge in [-0.05, 0) is 42.8 Å². The van der Waals surface area contributed by atoms with Crippen molar-refractivity contribution in [3.8, 4) is 5.75 Å². The molecular weight excluding hydrogens is 264 g/mol. The van der Waals surface area contributed by atoms with Crippen molar-refractivity contribution in [3.05, 3.63) is 53.6 Å². The molecule has 0 saturated heterocycles. The van der Waals surface area contributed by atoms with E-state index in [4.69, 9.17) is 4.74 Å². The number of carbonyl (C=O) groups is 1. The number of benzene rings is 2. The summed E-state index contributed by atoms with van der Waals surface area (Å²) < 4.78 is 5.26. The van der Waals surface area contributed by atoms with Crippen LogP contribution in [0, 0.1) is 6.92 Å². The van der Waals surface area contributed by atoms with Crippen LogP contribution in [0.1, 0.15) is 15.9 Å². The molecule has 0 bridgehead atoms. The van der Waals surface area contributed by atoms with Crippen LogP contribution in [0.3, 0.4) is 0 Å². The predicted octanol–water partition coefficient (Wildman–Crippen LogP) is 3.32. The summed E-state index contributed by atoms with van der Waals surface area (Å²) in [5.74, 6) is 0.627. The first-order valence-electron chi connectivity index (χ1n) is 6.74. The maximum Gasteiger partial charge on any atom is 0.255 e. The number of aryl methyl sites for hydroxylation is 1. The van der Waals surface area contributed by atoms with Crippen molar-refractivity contribution in [3.63, 3.8) is 0 Å². The highest BCUT2D eigenvalue weighted by Gasteiger charge is 2.08. The molecule has 0 atom stereocenters. The molecule has 0 fully saturated rings. The van der Waals surface area contributed by atoms with Crippen LogP contribution in [-0.4, -0.2) is 27.1 Å². The Bertz CT molecular complexity index is 634. The highest BCUT2D eigenvalue weighted by molar-refractivity contribution is 6.04. The van der Waals surface area contributed by atoms with Gasteiger partial charge in [-0.15, -0.1) is 0 Å². The van der Waals surface area contributed by atoms with E-state index in [1.165, 1.54) is 0 Å². The number of rotatable bonds is 4. The lowest BCUT2D eigenvalue weighted by Gasteiger charge is -2.13. The number of nitrogens with one attached hydrogen (secondary N) is 1. The van der Waals surface area contributed by atoms with Crippen molar-refractivity contribution >= 4 is 17.3 Å². The molecule has 1 N–H and O–H groups in total. The minimum absolute atomic E-state index is 0.133. The summed E-state index contributed by atoms with van der Waals surface area (Å²) in [6.45, 7) is 1.96. The van der Waals surface area contributed by atoms with Crippen LogP contribution >= 0.6 is 0 Å². The van der Waals surface area contributed by atoms with Crippen molar-refractivity contribution in [2.24, 2.45) is 0 Å². The smallest absolute Gasteiger partial charge is 0.255 e. The highest BCUT2D eigenvalue weighted by atomic mass is 16.5. The molecule has 0 aliphatic heterocycles. The van der Waals surface area contributed by atoms with Crippen LogP contribution in [0.5, 0.6) is 5.75 Å². The summed E-state index contributed by atoms with van der Waals surface area (Å²) >= 11 is 0. The van der Waals surface area contributed by atoms with Gasteiger partial charge >= 0.3 is 0 Å². The molecule has 0 unspecified atom stereocenters. The van der Waals surface area contributed by atoms with Crippen LogP contribution in [0.4, 0.5) is 11.4 Å². The maximum absolute atomic E-state index is 12.2. The van der Waals surface area contributed by atoms with Gasteiger partial charge in [-0.1, -0.05) is 6.07 Å². The van der Waals surface area contributed by atoms with Gasteiger partial charge in [0.25, 0.3) is 5.91 Å². The zero-order valence-electron chi connectivity index (χ0n) is 12.8. The van der Waals surface area contributed by atoms with E-state index in [0.29, 0.717) is 5.56 Å². The number of hydrogen-bond acceptors (Lipinski definition) is 3. The van der Waals surface area contributed by atoms with Crippen molar-refractivity contribution in [2.45, 2.75) is 6.92 Å². The number of anilines is 2. The fourth-order valence-electron chi connectivity index (χ4n) is 2.01. The van der Waals surface area contributed by atoms with E-state index in [0.717, 1.165) is 22.7 Å². The van der Waals surface area contributed by atoms with E-state index >= 15 is 0 Å². The lowest BCUT2D eigenvalue weighted by molar-refractivity contribution is 0.102. The Morgan fingerprint density at radius 3 is 2.33 bits per heavy atom. The third-order valence-corrected chi connectivity index (χ3v) is 3.31. The largest absolute Gasteiger partial charge is 0.496 e. The van der Waals surface area contributed by atoms with Gasteiger partial charge in [-0.25, -0.2) is 0 Å². The Morgan fingerprint density at radius 1 is 1.10 bits per heavy atom. The van der Waals surface area contributed by atoms with Gasteiger partial charge in [0, 0.05) is 37.1 Å². The lowest BCUT2D eigenvalue weighted by Crippen LogP contribution is -2.13. The number of methoxy groups -OCH3 is 1. The summed E-state index contributed by atoms with van der Waals surface area (Å²) in [5, 5.41) is 2.88. The summed E-state index contributed by atoms with van der Waals surface area (Å²) in [5.41, 5.74) is 3.44. The Kier molecular flexibility index (Phi) is 4.48. The van der Waals surface area contributed by atoms with E-state index in [9.17, 15) is 4.79 Å². The van der Waals surface area contributed by atoms with Gasteiger partial charge in [0.15, 0.2) is 0 Å². The summed E-state index contributed by atoms with van der Waals surface area (Å²) in [4.78, 5) is 14.2. The number of amides is 1. The quantitative estimate of drug-likeness (QED) is 0.936. The second-order valence-corrected chi connectivity index (χ2v) is 5.08. The van der Waals surface area contributed by atoms with E-state index in [1.807, 2.05) is 68.4 Å². The maximum atomic E-state index is 12.2. The zero-order chi connectivity index (χ0) is 15.4. The van der Waals surface area contributed by atoms with Crippen molar-refractivity contribution in [1.82, 2.24) is 0 Å². The van der Waals surface area contributed by atoms with E-state index in [1.54, 1.807) is 7.11 Å².